The molecule has 0 radical (unpaired) electrons. The first-order valence-corrected chi connectivity index (χ1v) is 9.68. The molecule has 9 heteroatoms. The minimum Gasteiger partial charge on any atom is -0.493 e. The second-order valence-electron chi connectivity index (χ2n) is 6.64. The lowest BCUT2D eigenvalue weighted by atomic mass is 9.94. The van der Waals surface area contributed by atoms with E-state index in [9.17, 15) is 8.42 Å². The van der Waals surface area contributed by atoms with Crippen LogP contribution in [0.15, 0.2) is 42.7 Å². The van der Waals surface area contributed by atoms with E-state index in [-0.39, 0.29) is 0 Å². The number of hydrogen-bond donors (Lipinski definition) is 3. The minimum absolute atomic E-state index is 0.480. The summed E-state index contributed by atoms with van der Waals surface area (Å²) in [7, 11) is 0.469. The number of nitrogens with zero attached hydrogens (tertiary/aromatic N) is 2. The second kappa shape index (κ2) is 7.89. The highest BCUT2D eigenvalue weighted by Gasteiger charge is 2.22. The Morgan fingerprint density at radius 2 is 1.61 bits per heavy atom. The Hall–Kier alpha value is -3.07. The maximum Gasteiger partial charge on any atom is 0.222 e. The van der Waals surface area contributed by atoms with E-state index in [0.29, 0.717) is 23.0 Å². The Kier molecular flexibility index (Phi) is 5.55. The number of hydrogen-bond acceptors (Lipinski definition) is 7. The molecule has 3 rings (SSSR count). The summed E-state index contributed by atoms with van der Waals surface area (Å²) < 4.78 is 34.7. The number of benzene rings is 2. The molecule has 28 heavy (non-hydrogen) atoms. The average Bonchev–Trinajstić information content (AvgIpc) is 2.67. The van der Waals surface area contributed by atoms with Crippen molar-refractivity contribution in [2.75, 3.05) is 24.3 Å². The quantitative estimate of drug-likeness (QED) is 0.522. The van der Waals surface area contributed by atoms with Gasteiger partial charge >= 0.3 is 0 Å². The van der Waals surface area contributed by atoms with Gasteiger partial charge in [-0.15, -0.1) is 0 Å². The summed E-state index contributed by atoms with van der Waals surface area (Å²) in [5.41, 5.74) is 1.73. The lowest BCUT2D eigenvalue weighted by Gasteiger charge is -2.28. The van der Waals surface area contributed by atoms with Crippen LogP contribution in [-0.2, 0) is 16.4 Å². The molecule has 0 aliphatic carbocycles. The number of methoxy groups -OCH3 is 2. The lowest BCUT2D eigenvalue weighted by Crippen LogP contribution is -2.28. The van der Waals surface area contributed by atoms with Gasteiger partial charge in [-0.05, 0) is 37.6 Å². The largest absolute Gasteiger partial charge is 0.493 e. The van der Waals surface area contributed by atoms with E-state index < -0.39 is 16.4 Å². The average molecular weight is 402 g/mol. The van der Waals surface area contributed by atoms with Crippen LogP contribution in [0.2, 0.25) is 0 Å². The van der Waals surface area contributed by atoms with Crippen LogP contribution in [0.25, 0.3) is 10.9 Å². The molecule has 2 N–H and O–H groups in total. The molecule has 8 nitrogen and oxygen atoms in total. The molecule has 1 aromatic heterocycles. The Bertz CT molecular complexity index is 1060. The molecule has 148 valence electrons. The topological polar surface area (TPSA) is 102 Å². The predicted octanol–water partition coefficient (Wildman–Crippen LogP) is 2.93. The van der Waals surface area contributed by atoms with E-state index in [2.05, 4.69) is 20.0 Å². The molecule has 0 saturated heterocycles. The van der Waals surface area contributed by atoms with Gasteiger partial charge in [0.05, 0.1) is 25.3 Å². The summed E-state index contributed by atoms with van der Waals surface area (Å²) in [5, 5.41) is 4.24. The van der Waals surface area contributed by atoms with Crippen LogP contribution in [0.5, 0.6) is 11.5 Å². The van der Waals surface area contributed by atoms with Gasteiger partial charge in [0.1, 0.15) is 12.1 Å². The third kappa shape index (κ3) is 4.09. The molecule has 2 aromatic carbocycles. The van der Waals surface area contributed by atoms with Crippen LogP contribution in [0.1, 0.15) is 19.4 Å². The minimum atomic E-state index is -2.69. The molecule has 0 fully saturated rings. The van der Waals surface area contributed by atoms with Crippen LogP contribution in [0.3, 0.4) is 0 Å². The fourth-order valence-corrected chi connectivity index (χ4v) is 3.28. The molecule has 1 heterocycles. The van der Waals surface area contributed by atoms with Crippen molar-refractivity contribution in [2.45, 2.75) is 19.4 Å². The Labute approximate surface area is 165 Å². The number of anilines is 2. The van der Waals surface area contributed by atoms with Crippen molar-refractivity contribution >= 4 is 33.3 Å². The second-order valence-corrected chi connectivity index (χ2v) is 7.38. The van der Waals surface area contributed by atoms with E-state index in [1.807, 2.05) is 32.0 Å². The predicted molar refractivity (Wildman–Crippen MR) is 110 cm³/mol. The first kappa shape index (κ1) is 19.7. The number of nitrogens with one attached hydrogen (secondary N) is 2. The third-order valence-electron chi connectivity index (χ3n) is 4.40. The van der Waals surface area contributed by atoms with Gasteiger partial charge < -0.3 is 14.8 Å². The van der Waals surface area contributed by atoms with Crippen molar-refractivity contribution in [3.05, 3.63) is 48.3 Å². The summed E-state index contributed by atoms with van der Waals surface area (Å²) in [6.45, 7) is 4.02. The van der Waals surface area contributed by atoms with Gasteiger partial charge in [0, 0.05) is 17.1 Å². The van der Waals surface area contributed by atoms with E-state index in [0.717, 1.165) is 16.5 Å². The van der Waals surface area contributed by atoms with Crippen LogP contribution in [-0.4, -0.2) is 32.6 Å². The summed E-state index contributed by atoms with van der Waals surface area (Å²) in [6.07, 6.45) is 1.49. The zero-order chi connectivity index (χ0) is 20.3. The highest BCUT2D eigenvalue weighted by molar-refractivity contribution is 7.73. The molecule has 0 amide bonds. The molecule has 0 aliphatic heterocycles. The van der Waals surface area contributed by atoms with Gasteiger partial charge in [-0.2, -0.15) is 0 Å². The first-order valence-electron chi connectivity index (χ1n) is 8.50. The smallest absolute Gasteiger partial charge is 0.222 e. The third-order valence-corrected chi connectivity index (χ3v) is 4.84. The van der Waals surface area contributed by atoms with Gasteiger partial charge in [-0.1, -0.05) is 12.1 Å². The summed E-state index contributed by atoms with van der Waals surface area (Å²) in [5.74, 6) is 1.84. The van der Waals surface area contributed by atoms with Crippen molar-refractivity contribution in [1.29, 1.82) is 0 Å². The van der Waals surface area contributed by atoms with Crippen LogP contribution < -0.4 is 19.5 Å². The molecule has 0 atom stereocenters. The van der Waals surface area contributed by atoms with Crippen molar-refractivity contribution in [3.8, 4) is 11.5 Å². The number of fused-ring (bicyclic) bond motifs is 1. The molecule has 3 aromatic rings. The molecule has 0 aliphatic rings. The Morgan fingerprint density at radius 3 is 2.21 bits per heavy atom. The number of aromatic nitrogens is 2. The van der Waals surface area contributed by atoms with E-state index in [4.69, 9.17) is 9.47 Å². The van der Waals surface area contributed by atoms with Crippen molar-refractivity contribution < 1.29 is 17.9 Å². The molecular formula is C19H22N4O4S. The highest BCUT2D eigenvalue weighted by Crippen LogP contribution is 2.35. The Balaban J connectivity index is 1.96. The maximum atomic E-state index is 10.8. The van der Waals surface area contributed by atoms with E-state index >= 15 is 0 Å². The van der Waals surface area contributed by atoms with Crippen LogP contribution in [0.4, 0.5) is 11.5 Å². The monoisotopic (exact) mass is 402 g/mol. The normalized spacial score (nSPS) is 11.5. The fourth-order valence-electron chi connectivity index (χ4n) is 2.92. The first-order chi connectivity index (χ1) is 13.3. The molecule has 0 unspecified atom stereocenters. The summed E-state index contributed by atoms with van der Waals surface area (Å²) in [6, 6.07) is 10.8. The van der Waals surface area contributed by atoms with Gasteiger partial charge in [-0.25, -0.2) is 18.4 Å². The van der Waals surface area contributed by atoms with Gasteiger partial charge in [-0.3, -0.25) is 4.72 Å². The van der Waals surface area contributed by atoms with Crippen molar-refractivity contribution in [3.63, 3.8) is 0 Å². The van der Waals surface area contributed by atoms with Crippen LogP contribution in [0, 0.1) is 0 Å². The highest BCUT2D eigenvalue weighted by atomic mass is 32.2. The number of rotatable bonds is 7. The number of thiol groups is 1. The van der Waals surface area contributed by atoms with Gasteiger partial charge in [0.25, 0.3) is 0 Å². The lowest BCUT2D eigenvalue weighted by molar-refractivity contribution is 0.356. The zero-order valence-corrected chi connectivity index (χ0v) is 16.9. The molecular weight excluding hydrogens is 380 g/mol. The van der Waals surface area contributed by atoms with E-state index in [1.54, 1.807) is 32.4 Å². The van der Waals surface area contributed by atoms with Crippen molar-refractivity contribution in [1.82, 2.24) is 9.97 Å². The zero-order valence-electron chi connectivity index (χ0n) is 16.0. The maximum absolute atomic E-state index is 10.8. The Morgan fingerprint density at radius 1 is 0.964 bits per heavy atom. The van der Waals surface area contributed by atoms with Crippen molar-refractivity contribution in [2.24, 2.45) is 0 Å². The van der Waals surface area contributed by atoms with Gasteiger partial charge in [0.15, 0.2) is 11.5 Å². The summed E-state index contributed by atoms with van der Waals surface area (Å²) in [4.78, 5) is 8.71. The molecule has 0 spiro atoms. The van der Waals surface area contributed by atoms with Crippen LogP contribution >= 0.6 is 0 Å². The standard InChI is InChI=1S/C19H22N4O4S/c1-19(2,12-5-7-13(8-6-12)23-28(24)25)22-18-14-9-16(26-3)17(27-4)10-15(14)20-11-21-18/h5-11,28H,1-4H3,(H,20,21,22)(H,23,24,25). The molecule has 0 saturated carbocycles. The van der Waals surface area contributed by atoms with E-state index in [1.165, 1.54) is 6.33 Å². The molecule has 0 bridgehead atoms. The SMILES string of the molecule is COc1cc2ncnc(NC(C)(C)c3ccc(N[SH](=O)=O)cc3)c2cc1OC. The number of ether oxygens (including phenoxy) is 2. The van der Waals surface area contributed by atoms with Gasteiger partial charge in [0.2, 0.25) is 10.9 Å². The fraction of sp³-hybridized carbons (Fsp3) is 0.263. The summed E-state index contributed by atoms with van der Waals surface area (Å²) >= 11 is 0.